The predicted octanol–water partition coefficient (Wildman–Crippen LogP) is 3.62. The lowest BCUT2D eigenvalue weighted by Crippen LogP contribution is -1.98. The highest BCUT2D eigenvalue weighted by Crippen LogP contribution is 2.24. The molecule has 0 unspecified atom stereocenters. The maximum Gasteiger partial charge on any atom is 0.191 e. The van der Waals surface area contributed by atoms with Crippen LogP contribution in [-0.2, 0) is 6.42 Å². The van der Waals surface area contributed by atoms with Crippen LogP contribution in [0.15, 0.2) is 12.1 Å². The summed E-state index contributed by atoms with van der Waals surface area (Å²) < 4.78 is 0. The molecule has 0 aliphatic carbocycles. The maximum absolute atomic E-state index is 8.99. The van der Waals surface area contributed by atoms with E-state index in [0.717, 1.165) is 17.5 Å². The van der Waals surface area contributed by atoms with E-state index in [9.17, 15) is 0 Å². The van der Waals surface area contributed by atoms with Gasteiger partial charge in [-0.3, -0.25) is 0 Å². The van der Waals surface area contributed by atoms with Crippen LogP contribution in [0.2, 0.25) is 0 Å². The van der Waals surface area contributed by atoms with Gasteiger partial charge in [-0.05, 0) is 36.5 Å². The third kappa shape index (κ3) is 2.58. The van der Waals surface area contributed by atoms with Crippen LogP contribution in [0.4, 0.5) is 5.69 Å². The van der Waals surface area contributed by atoms with Gasteiger partial charge in [-0.2, -0.15) is 5.26 Å². The molecule has 0 N–H and O–H groups in total. The summed E-state index contributed by atoms with van der Waals surface area (Å²) in [6, 6.07) is 5.82. The van der Waals surface area contributed by atoms with Crippen LogP contribution in [0.5, 0.6) is 0 Å². The zero-order valence-corrected chi connectivity index (χ0v) is 9.33. The van der Waals surface area contributed by atoms with Gasteiger partial charge in [0.15, 0.2) is 5.69 Å². The molecule has 0 aromatic heterocycles. The van der Waals surface area contributed by atoms with E-state index in [1.165, 1.54) is 0 Å². The van der Waals surface area contributed by atoms with Crippen molar-refractivity contribution in [2.75, 3.05) is 0 Å². The summed E-state index contributed by atoms with van der Waals surface area (Å²) >= 11 is 0. The Hall–Kier alpha value is -1.80. The molecule has 0 saturated heterocycles. The van der Waals surface area contributed by atoms with E-state index in [1.54, 1.807) is 6.07 Å². The summed E-state index contributed by atoms with van der Waals surface area (Å²) in [6.45, 7) is 13.1. The standard InChI is InChI=1S/C13H14N2/c1-9(2)5-11-6-10(3)13(15-4)7-12(11)8-14/h6-7,9H,5H2,1-3H3. The first-order chi connectivity index (χ1) is 7.08. The molecule has 0 heterocycles. The van der Waals surface area contributed by atoms with Crippen molar-refractivity contribution in [2.45, 2.75) is 27.2 Å². The summed E-state index contributed by atoms with van der Waals surface area (Å²) in [5.74, 6) is 0.523. The van der Waals surface area contributed by atoms with E-state index in [4.69, 9.17) is 11.8 Å². The second-order valence-corrected chi connectivity index (χ2v) is 4.12. The first-order valence-electron chi connectivity index (χ1n) is 4.99. The minimum atomic E-state index is 0.523. The lowest BCUT2D eigenvalue weighted by Gasteiger charge is -2.09. The van der Waals surface area contributed by atoms with Gasteiger partial charge in [-0.1, -0.05) is 19.9 Å². The van der Waals surface area contributed by atoms with Crippen molar-refractivity contribution in [3.8, 4) is 6.07 Å². The lowest BCUT2D eigenvalue weighted by molar-refractivity contribution is 0.646. The minimum absolute atomic E-state index is 0.523. The Morgan fingerprint density at radius 1 is 1.47 bits per heavy atom. The molecule has 15 heavy (non-hydrogen) atoms. The summed E-state index contributed by atoms with van der Waals surface area (Å²) in [5, 5.41) is 8.99. The highest BCUT2D eigenvalue weighted by molar-refractivity contribution is 5.58. The summed E-state index contributed by atoms with van der Waals surface area (Å²) in [5.41, 5.74) is 3.23. The van der Waals surface area contributed by atoms with E-state index in [-0.39, 0.29) is 0 Å². The van der Waals surface area contributed by atoms with E-state index in [1.807, 2.05) is 13.0 Å². The van der Waals surface area contributed by atoms with Gasteiger partial charge >= 0.3 is 0 Å². The molecule has 0 radical (unpaired) electrons. The van der Waals surface area contributed by atoms with Gasteiger partial charge in [0.25, 0.3) is 0 Å². The predicted molar refractivity (Wildman–Crippen MR) is 60.7 cm³/mol. The zero-order chi connectivity index (χ0) is 11.4. The summed E-state index contributed by atoms with van der Waals surface area (Å²) in [4.78, 5) is 3.40. The Bertz CT molecular complexity index is 445. The van der Waals surface area contributed by atoms with Crippen LogP contribution in [-0.4, -0.2) is 0 Å². The molecule has 0 bridgehead atoms. The van der Waals surface area contributed by atoms with Crippen molar-refractivity contribution in [1.29, 1.82) is 5.26 Å². The van der Waals surface area contributed by atoms with Crippen molar-refractivity contribution in [3.63, 3.8) is 0 Å². The number of nitriles is 1. The summed E-state index contributed by atoms with van der Waals surface area (Å²) in [6.07, 6.45) is 0.891. The second kappa shape index (κ2) is 4.62. The molecule has 1 rings (SSSR count). The highest BCUT2D eigenvalue weighted by Gasteiger charge is 2.08. The number of benzene rings is 1. The Morgan fingerprint density at radius 3 is 2.60 bits per heavy atom. The molecule has 2 heteroatoms. The quantitative estimate of drug-likeness (QED) is 0.667. The van der Waals surface area contributed by atoms with Crippen molar-refractivity contribution in [3.05, 3.63) is 40.2 Å². The Labute approximate surface area is 91.0 Å². The molecular weight excluding hydrogens is 184 g/mol. The SMILES string of the molecule is [C-]#[N+]c1cc(C#N)c(CC(C)C)cc1C. The van der Waals surface area contributed by atoms with E-state index < -0.39 is 0 Å². The first-order valence-corrected chi connectivity index (χ1v) is 4.99. The van der Waals surface area contributed by atoms with Gasteiger partial charge in [-0.15, -0.1) is 0 Å². The van der Waals surface area contributed by atoms with E-state index in [2.05, 4.69) is 24.8 Å². The second-order valence-electron chi connectivity index (χ2n) is 4.12. The Kier molecular flexibility index (Phi) is 3.47. The van der Waals surface area contributed by atoms with Gasteiger partial charge in [-0.25, -0.2) is 4.85 Å². The molecule has 0 aliphatic rings. The fourth-order valence-corrected chi connectivity index (χ4v) is 1.59. The number of aryl methyl sites for hydroxylation is 1. The molecule has 0 amide bonds. The summed E-state index contributed by atoms with van der Waals surface area (Å²) in [7, 11) is 0. The largest absolute Gasteiger partial charge is 0.238 e. The van der Waals surface area contributed by atoms with E-state index in [0.29, 0.717) is 17.2 Å². The van der Waals surface area contributed by atoms with Crippen LogP contribution < -0.4 is 0 Å². The molecule has 76 valence electrons. The lowest BCUT2D eigenvalue weighted by atomic mass is 9.96. The van der Waals surface area contributed by atoms with Crippen LogP contribution in [0.3, 0.4) is 0 Å². The van der Waals surface area contributed by atoms with Crippen molar-refractivity contribution >= 4 is 5.69 Å². The molecule has 0 spiro atoms. The number of rotatable bonds is 2. The first kappa shape index (κ1) is 11.3. The number of nitrogens with zero attached hydrogens (tertiary/aromatic N) is 2. The van der Waals surface area contributed by atoms with Gasteiger partial charge in [0.2, 0.25) is 0 Å². The smallest absolute Gasteiger partial charge is 0.191 e. The molecule has 0 atom stereocenters. The van der Waals surface area contributed by atoms with E-state index >= 15 is 0 Å². The Morgan fingerprint density at radius 2 is 2.13 bits per heavy atom. The van der Waals surface area contributed by atoms with Gasteiger partial charge < -0.3 is 0 Å². The molecule has 0 fully saturated rings. The average molecular weight is 198 g/mol. The van der Waals surface area contributed by atoms with Crippen LogP contribution in [0.1, 0.15) is 30.5 Å². The van der Waals surface area contributed by atoms with Crippen molar-refractivity contribution < 1.29 is 0 Å². The van der Waals surface area contributed by atoms with Gasteiger partial charge in [0, 0.05) is 5.56 Å². The number of hydrogen-bond donors (Lipinski definition) is 0. The fraction of sp³-hybridized carbons (Fsp3) is 0.385. The molecule has 2 nitrogen and oxygen atoms in total. The zero-order valence-electron chi connectivity index (χ0n) is 9.33. The Balaban J connectivity index is 3.24. The van der Waals surface area contributed by atoms with Crippen molar-refractivity contribution in [2.24, 2.45) is 5.92 Å². The van der Waals surface area contributed by atoms with Gasteiger partial charge in [0.05, 0.1) is 12.6 Å². The topological polar surface area (TPSA) is 28.1 Å². The molecule has 0 aliphatic heterocycles. The third-order valence-corrected chi connectivity index (χ3v) is 2.29. The van der Waals surface area contributed by atoms with Crippen LogP contribution >= 0.6 is 0 Å². The normalized spacial score (nSPS) is 9.73. The van der Waals surface area contributed by atoms with Gasteiger partial charge in [0.1, 0.15) is 0 Å². The number of hydrogen-bond acceptors (Lipinski definition) is 1. The van der Waals surface area contributed by atoms with Crippen molar-refractivity contribution in [1.82, 2.24) is 0 Å². The molecular formula is C13H14N2. The fourth-order valence-electron chi connectivity index (χ4n) is 1.59. The molecule has 1 aromatic carbocycles. The highest BCUT2D eigenvalue weighted by atomic mass is 14.6. The molecule has 0 saturated carbocycles. The average Bonchev–Trinajstić information content (AvgIpc) is 2.17. The van der Waals surface area contributed by atoms with Crippen LogP contribution in [0, 0.1) is 30.7 Å². The minimum Gasteiger partial charge on any atom is -0.238 e. The maximum atomic E-state index is 8.99. The molecule has 1 aromatic rings. The third-order valence-electron chi connectivity index (χ3n) is 2.29. The monoisotopic (exact) mass is 198 g/mol. The van der Waals surface area contributed by atoms with Crippen LogP contribution in [0.25, 0.3) is 4.85 Å².